The Morgan fingerprint density at radius 1 is 0.812 bits per heavy atom. The van der Waals surface area contributed by atoms with Gasteiger partial charge in [-0.3, -0.25) is 4.79 Å². The van der Waals surface area contributed by atoms with Crippen molar-refractivity contribution >= 4 is 11.6 Å². The van der Waals surface area contributed by atoms with E-state index in [1.165, 1.54) is 42.9 Å². The summed E-state index contributed by atoms with van der Waals surface area (Å²) in [6, 6.07) is 24.4. The van der Waals surface area contributed by atoms with Crippen molar-refractivity contribution in [2.24, 2.45) is 0 Å². The Hall–Kier alpha value is -3.15. The van der Waals surface area contributed by atoms with E-state index in [1.807, 2.05) is 42.5 Å². The van der Waals surface area contributed by atoms with E-state index in [4.69, 9.17) is 4.74 Å². The Morgan fingerprint density at radius 2 is 1.47 bits per heavy atom. The zero-order chi connectivity index (χ0) is 21.8. The lowest BCUT2D eigenvalue weighted by Crippen LogP contribution is -3.27. The molecule has 1 saturated heterocycles. The summed E-state index contributed by atoms with van der Waals surface area (Å²) in [5, 5.41) is 2.94. The summed E-state index contributed by atoms with van der Waals surface area (Å²) in [6.45, 7) is 7.70. The van der Waals surface area contributed by atoms with E-state index in [0.717, 1.165) is 37.6 Å². The van der Waals surface area contributed by atoms with E-state index >= 15 is 0 Å². The van der Waals surface area contributed by atoms with Crippen LogP contribution in [-0.4, -0.2) is 38.7 Å². The molecule has 3 aromatic carbocycles. The molecule has 2 aliphatic rings. The molecule has 32 heavy (non-hydrogen) atoms. The number of anilines is 1. The van der Waals surface area contributed by atoms with Gasteiger partial charge in [-0.15, -0.1) is 0 Å². The highest BCUT2D eigenvalue weighted by atomic mass is 16.5. The van der Waals surface area contributed by atoms with Crippen LogP contribution in [0.15, 0.2) is 72.8 Å². The van der Waals surface area contributed by atoms with Crippen molar-refractivity contribution in [1.29, 1.82) is 0 Å². The van der Waals surface area contributed by atoms with Gasteiger partial charge in [0.15, 0.2) is 0 Å². The molecule has 0 aliphatic carbocycles. The molecule has 2 heterocycles. The fourth-order valence-electron chi connectivity index (χ4n) is 4.74. The summed E-state index contributed by atoms with van der Waals surface area (Å²) >= 11 is 0. The molecule has 164 valence electrons. The molecule has 0 saturated carbocycles. The molecule has 5 nitrogen and oxygen atoms in total. The van der Waals surface area contributed by atoms with Crippen molar-refractivity contribution in [2.75, 3.05) is 38.1 Å². The van der Waals surface area contributed by atoms with Crippen molar-refractivity contribution in [3.63, 3.8) is 0 Å². The first-order valence-corrected chi connectivity index (χ1v) is 11.6. The number of ether oxygens (including phenoxy) is 1. The second-order valence-corrected chi connectivity index (χ2v) is 8.91. The number of para-hydroxylation sites is 1. The van der Waals surface area contributed by atoms with E-state index in [9.17, 15) is 4.79 Å². The largest absolute Gasteiger partial charge is 0.493 e. The summed E-state index contributed by atoms with van der Waals surface area (Å²) in [7, 11) is 0. The highest BCUT2D eigenvalue weighted by Gasteiger charge is 2.24. The third kappa shape index (κ3) is 5.01. The maximum Gasteiger partial charge on any atom is 0.255 e. The van der Waals surface area contributed by atoms with Crippen LogP contribution < -0.4 is 19.9 Å². The smallest absolute Gasteiger partial charge is 0.255 e. The van der Waals surface area contributed by atoms with Gasteiger partial charge in [0, 0.05) is 28.8 Å². The molecule has 3 aromatic rings. The number of amides is 1. The summed E-state index contributed by atoms with van der Waals surface area (Å²) in [4.78, 5) is 15.7. The summed E-state index contributed by atoms with van der Waals surface area (Å²) in [5.74, 6) is 1.01. The molecule has 0 bridgehead atoms. The molecular formula is C27H31N3O2+2. The molecule has 0 unspecified atom stereocenters. The highest BCUT2D eigenvalue weighted by molar-refractivity contribution is 6.04. The second-order valence-electron chi connectivity index (χ2n) is 8.91. The fourth-order valence-corrected chi connectivity index (χ4v) is 4.74. The molecule has 0 radical (unpaired) electrons. The van der Waals surface area contributed by atoms with Crippen LogP contribution in [0.3, 0.4) is 0 Å². The molecule has 5 heteroatoms. The number of carbonyl (C=O) groups is 1. The van der Waals surface area contributed by atoms with Gasteiger partial charge in [-0.25, -0.2) is 0 Å². The van der Waals surface area contributed by atoms with Crippen LogP contribution in [0.2, 0.25) is 0 Å². The Morgan fingerprint density at radius 3 is 2.19 bits per heavy atom. The van der Waals surface area contributed by atoms with Crippen LogP contribution in [-0.2, 0) is 19.5 Å². The predicted molar refractivity (Wildman–Crippen MR) is 125 cm³/mol. The fraction of sp³-hybridized carbons (Fsp3) is 0.296. The monoisotopic (exact) mass is 429 g/mol. The lowest BCUT2D eigenvalue weighted by Gasteiger charge is -2.30. The van der Waals surface area contributed by atoms with E-state index in [2.05, 4.69) is 35.6 Å². The molecule has 3 N–H and O–H groups in total. The number of carbonyl (C=O) groups excluding carboxylic acids is 1. The zero-order valence-electron chi connectivity index (χ0n) is 18.4. The van der Waals surface area contributed by atoms with Gasteiger partial charge in [-0.2, -0.15) is 0 Å². The number of hydrogen-bond acceptors (Lipinski definition) is 2. The topological polar surface area (TPSA) is 47.2 Å². The first-order valence-electron chi connectivity index (χ1n) is 11.6. The minimum atomic E-state index is -0.0644. The van der Waals surface area contributed by atoms with Crippen LogP contribution in [0.5, 0.6) is 5.75 Å². The molecule has 5 rings (SSSR count). The van der Waals surface area contributed by atoms with E-state index < -0.39 is 0 Å². The maximum atomic E-state index is 12.4. The lowest BCUT2D eigenvalue weighted by atomic mass is 10.1. The molecule has 2 aliphatic heterocycles. The number of hydrogen-bond donors (Lipinski definition) is 3. The summed E-state index contributed by atoms with van der Waals surface area (Å²) in [6.07, 6.45) is 1.04. The normalized spacial score (nSPS) is 19.8. The van der Waals surface area contributed by atoms with Crippen LogP contribution in [0, 0.1) is 0 Å². The van der Waals surface area contributed by atoms with Gasteiger partial charge < -0.3 is 19.9 Å². The summed E-state index contributed by atoms with van der Waals surface area (Å²) in [5.41, 5.74) is 5.60. The Bertz CT molecular complexity index is 1060. The SMILES string of the molecule is O=C(Nc1ccccc1)c1ccc(C[NH+]2CC[NH+](Cc3ccc4c(c3)CCO4)CC2)cc1. The van der Waals surface area contributed by atoms with Gasteiger partial charge in [-0.1, -0.05) is 30.3 Å². The average molecular weight is 430 g/mol. The van der Waals surface area contributed by atoms with Gasteiger partial charge in [-0.05, 0) is 48.0 Å². The zero-order valence-corrected chi connectivity index (χ0v) is 18.4. The number of nitrogens with one attached hydrogen (secondary N) is 3. The van der Waals surface area contributed by atoms with Crippen LogP contribution in [0.4, 0.5) is 5.69 Å². The van der Waals surface area contributed by atoms with Gasteiger partial charge >= 0.3 is 0 Å². The first kappa shape index (κ1) is 20.7. The predicted octanol–water partition coefficient (Wildman–Crippen LogP) is 1.36. The minimum Gasteiger partial charge on any atom is -0.493 e. The van der Waals surface area contributed by atoms with E-state index in [0.29, 0.717) is 5.56 Å². The lowest BCUT2D eigenvalue weighted by molar-refractivity contribution is -1.02. The van der Waals surface area contributed by atoms with Gasteiger partial charge in [0.05, 0.1) is 6.61 Å². The Kier molecular flexibility index (Phi) is 6.19. The summed E-state index contributed by atoms with van der Waals surface area (Å²) < 4.78 is 5.63. The molecule has 1 amide bonds. The third-order valence-corrected chi connectivity index (χ3v) is 6.57. The minimum absolute atomic E-state index is 0.0644. The van der Waals surface area contributed by atoms with Gasteiger partial charge in [0.2, 0.25) is 0 Å². The molecular weight excluding hydrogens is 398 g/mol. The van der Waals surface area contributed by atoms with Crippen LogP contribution in [0.1, 0.15) is 27.0 Å². The second kappa shape index (κ2) is 9.55. The standard InChI is InChI=1S/C27H29N3O2/c31-27(28-25-4-2-1-3-5-25)23-9-6-21(7-10-23)19-29-13-15-30(16-14-29)20-22-8-11-26-24(18-22)12-17-32-26/h1-11,18H,12-17,19-20H2,(H,28,31)/p+2. The average Bonchev–Trinajstić information content (AvgIpc) is 3.29. The molecule has 0 aromatic heterocycles. The Labute approximate surface area is 189 Å². The van der Waals surface area contributed by atoms with E-state index in [1.54, 1.807) is 9.80 Å². The first-order chi connectivity index (χ1) is 15.7. The number of quaternary nitrogens is 2. The van der Waals surface area contributed by atoms with Crippen molar-refractivity contribution in [2.45, 2.75) is 19.5 Å². The van der Waals surface area contributed by atoms with Crippen LogP contribution in [0.25, 0.3) is 0 Å². The third-order valence-electron chi connectivity index (χ3n) is 6.57. The van der Waals surface area contributed by atoms with Crippen molar-refractivity contribution in [1.82, 2.24) is 0 Å². The number of fused-ring (bicyclic) bond motifs is 1. The van der Waals surface area contributed by atoms with Gasteiger partial charge in [0.1, 0.15) is 45.0 Å². The quantitative estimate of drug-likeness (QED) is 0.554. The molecule has 1 fully saturated rings. The number of piperazine rings is 1. The number of benzene rings is 3. The molecule has 0 spiro atoms. The Balaban J connectivity index is 1.10. The van der Waals surface area contributed by atoms with E-state index in [-0.39, 0.29) is 5.91 Å². The van der Waals surface area contributed by atoms with Crippen molar-refractivity contribution < 1.29 is 19.3 Å². The molecule has 0 atom stereocenters. The van der Waals surface area contributed by atoms with Crippen molar-refractivity contribution in [3.8, 4) is 5.75 Å². The number of rotatable bonds is 6. The highest BCUT2D eigenvalue weighted by Crippen LogP contribution is 2.25. The van der Waals surface area contributed by atoms with Gasteiger partial charge in [0.25, 0.3) is 5.91 Å². The maximum absolute atomic E-state index is 12.4. The van der Waals surface area contributed by atoms with Crippen molar-refractivity contribution in [3.05, 3.63) is 95.1 Å². The van der Waals surface area contributed by atoms with Crippen LogP contribution >= 0.6 is 0 Å².